The van der Waals surface area contributed by atoms with E-state index >= 15 is 0 Å². The topological polar surface area (TPSA) is 72.9 Å². The molecule has 1 aliphatic heterocycles. The zero-order valence-electron chi connectivity index (χ0n) is 15.9. The first-order valence-corrected chi connectivity index (χ1v) is 8.93. The van der Waals surface area contributed by atoms with E-state index in [0.717, 1.165) is 25.9 Å². The van der Waals surface area contributed by atoms with E-state index in [0.29, 0.717) is 28.6 Å². The molecule has 0 bridgehead atoms. The highest BCUT2D eigenvalue weighted by Crippen LogP contribution is 2.23. The van der Waals surface area contributed by atoms with Crippen LogP contribution in [0.25, 0.3) is 0 Å². The average molecular weight is 371 g/mol. The molecule has 27 heavy (non-hydrogen) atoms. The van der Waals surface area contributed by atoms with Crippen molar-refractivity contribution in [3.8, 4) is 17.4 Å². The normalized spacial score (nSPS) is 15.2. The molecule has 1 aromatic carbocycles. The van der Waals surface area contributed by atoms with Gasteiger partial charge in [0, 0.05) is 30.8 Å². The van der Waals surface area contributed by atoms with Crippen LogP contribution >= 0.6 is 0 Å². The molecule has 7 heteroatoms. The standard InChI is InChI=1S/C20H25N3O4/c1-23-8-6-16(7-9-23)27-19-5-4-15(13-21-19)22-20(24)14-10-17(25-2)12-18(11-14)26-3/h4-5,10-13,16H,6-9H2,1-3H3,(H,22,24). The van der Waals surface area contributed by atoms with Gasteiger partial charge in [0.15, 0.2) is 0 Å². The molecule has 2 heterocycles. The second kappa shape index (κ2) is 8.73. The monoisotopic (exact) mass is 371 g/mol. The molecule has 144 valence electrons. The van der Waals surface area contributed by atoms with Crippen LogP contribution in [0.3, 0.4) is 0 Å². The molecule has 1 saturated heterocycles. The molecule has 0 aliphatic carbocycles. The van der Waals surface area contributed by atoms with Crippen molar-refractivity contribution in [2.75, 3.05) is 39.7 Å². The fourth-order valence-corrected chi connectivity index (χ4v) is 2.94. The summed E-state index contributed by atoms with van der Waals surface area (Å²) < 4.78 is 16.3. The molecule has 1 aromatic heterocycles. The average Bonchev–Trinajstić information content (AvgIpc) is 2.70. The number of hydrogen-bond acceptors (Lipinski definition) is 6. The number of carbonyl (C=O) groups excluding carboxylic acids is 1. The maximum absolute atomic E-state index is 12.5. The van der Waals surface area contributed by atoms with Crippen LogP contribution in [0.5, 0.6) is 17.4 Å². The van der Waals surface area contributed by atoms with Gasteiger partial charge in [0.25, 0.3) is 5.91 Å². The summed E-state index contributed by atoms with van der Waals surface area (Å²) in [6.45, 7) is 2.06. The van der Waals surface area contributed by atoms with Crippen LogP contribution < -0.4 is 19.5 Å². The molecule has 0 unspecified atom stereocenters. The Morgan fingerprint density at radius 1 is 1.11 bits per heavy atom. The van der Waals surface area contributed by atoms with E-state index in [2.05, 4.69) is 22.2 Å². The Labute approximate surface area is 159 Å². The lowest BCUT2D eigenvalue weighted by molar-refractivity contribution is 0.102. The lowest BCUT2D eigenvalue weighted by Gasteiger charge is -2.28. The maximum atomic E-state index is 12.5. The van der Waals surface area contributed by atoms with E-state index in [1.165, 1.54) is 0 Å². The van der Waals surface area contributed by atoms with Gasteiger partial charge in [-0.1, -0.05) is 0 Å². The second-order valence-electron chi connectivity index (χ2n) is 6.56. The van der Waals surface area contributed by atoms with Crippen LogP contribution in [0.2, 0.25) is 0 Å². The van der Waals surface area contributed by atoms with Gasteiger partial charge in [0.2, 0.25) is 5.88 Å². The van der Waals surface area contributed by atoms with Crippen LogP contribution in [0.1, 0.15) is 23.2 Å². The van der Waals surface area contributed by atoms with Crippen molar-refractivity contribution >= 4 is 11.6 Å². The number of aromatic nitrogens is 1. The minimum Gasteiger partial charge on any atom is -0.497 e. The van der Waals surface area contributed by atoms with E-state index in [-0.39, 0.29) is 12.0 Å². The lowest BCUT2D eigenvalue weighted by atomic mass is 10.1. The first-order valence-electron chi connectivity index (χ1n) is 8.93. The van der Waals surface area contributed by atoms with Crippen molar-refractivity contribution < 1.29 is 19.0 Å². The molecule has 1 N–H and O–H groups in total. The number of ether oxygens (including phenoxy) is 3. The Morgan fingerprint density at radius 3 is 2.33 bits per heavy atom. The summed E-state index contributed by atoms with van der Waals surface area (Å²) in [5, 5.41) is 2.82. The minimum absolute atomic E-state index is 0.193. The fraction of sp³-hybridized carbons (Fsp3) is 0.400. The third kappa shape index (κ3) is 5.10. The van der Waals surface area contributed by atoms with Gasteiger partial charge in [-0.05, 0) is 38.1 Å². The van der Waals surface area contributed by atoms with Gasteiger partial charge in [-0.25, -0.2) is 4.98 Å². The Bertz CT molecular complexity index is 749. The minimum atomic E-state index is -0.266. The third-order valence-corrected chi connectivity index (χ3v) is 4.56. The highest BCUT2D eigenvalue weighted by atomic mass is 16.5. The molecule has 1 fully saturated rings. The van der Waals surface area contributed by atoms with Gasteiger partial charge in [-0.15, -0.1) is 0 Å². The smallest absolute Gasteiger partial charge is 0.255 e. The second-order valence-corrected chi connectivity index (χ2v) is 6.56. The summed E-state index contributed by atoms with van der Waals surface area (Å²) in [6.07, 6.45) is 3.78. The molecule has 0 radical (unpaired) electrons. The summed E-state index contributed by atoms with van der Waals surface area (Å²) in [7, 11) is 5.21. The van der Waals surface area contributed by atoms with E-state index in [9.17, 15) is 4.79 Å². The predicted molar refractivity (Wildman–Crippen MR) is 103 cm³/mol. The Kier molecular flexibility index (Phi) is 6.13. The van der Waals surface area contributed by atoms with Gasteiger partial charge in [-0.3, -0.25) is 4.79 Å². The Morgan fingerprint density at radius 2 is 1.78 bits per heavy atom. The van der Waals surface area contributed by atoms with Gasteiger partial charge >= 0.3 is 0 Å². The highest BCUT2D eigenvalue weighted by molar-refractivity contribution is 6.04. The summed E-state index contributed by atoms with van der Waals surface area (Å²) in [4.78, 5) is 19.1. The number of likely N-dealkylation sites (tertiary alicyclic amines) is 1. The lowest BCUT2D eigenvalue weighted by Crippen LogP contribution is -2.35. The van der Waals surface area contributed by atoms with Crippen molar-refractivity contribution in [3.05, 3.63) is 42.1 Å². The van der Waals surface area contributed by atoms with Crippen molar-refractivity contribution in [1.82, 2.24) is 9.88 Å². The van der Waals surface area contributed by atoms with Crippen molar-refractivity contribution in [1.29, 1.82) is 0 Å². The zero-order valence-corrected chi connectivity index (χ0v) is 15.9. The number of piperidine rings is 1. The van der Waals surface area contributed by atoms with Gasteiger partial charge in [0.05, 0.1) is 26.1 Å². The van der Waals surface area contributed by atoms with Crippen LogP contribution in [0.15, 0.2) is 36.5 Å². The number of amides is 1. The first-order chi connectivity index (χ1) is 13.1. The largest absolute Gasteiger partial charge is 0.497 e. The summed E-state index contributed by atoms with van der Waals surface area (Å²) in [5.41, 5.74) is 1.04. The van der Waals surface area contributed by atoms with Crippen molar-refractivity contribution in [2.45, 2.75) is 18.9 Å². The number of nitrogens with zero attached hydrogens (tertiary/aromatic N) is 2. The van der Waals surface area contributed by atoms with E-state index in [1.807, 2.05) is 0 Å². The predicted octanol–water partition coefficient (Wildman–Crippen LogP) is 2.82. The third-order valence-electron chi connectivity index (χ3n) is 4.56. The van der Waals surface area contributed by atoms with E-state index < -0.39 is 0 Å². The summed E-state index contributed by atoms with van der Waals surface area (Å²) in [6, 6.07) is 8.59. The Hall–Kier alpha value is -2.80. The zero-order chi connectivity index (χ0) is 19.2. The van der Waals surface area contributed by atoms with Crippen LogP contribution in [-0.2, 0) is 0 Å². The number of nitrogens with one attached hydrogen (secondary N) is 1. The number of hydrogen-bond donors (Lipinski definition) is 1. The molecule has 7 nitrogen and oxygen atoms in total. The Balaban J connectivity index is 1.61. The van der Waals surface area contributed by atoms with Crippen molar-refractivity contribution in [3.63, 3.8) is 0 Å². The molecular weight excluding hydrogens is 346 g/mol. The summed E-state index contributed by atoms with van der Waals surface area (Å²) in [5.74, 6) is 1.42. The number of benzene rings is 1. The first kappa shape index (κ1) is 19.0. The number of carbonyl (C=O) groups is 1. The molecule has 0 spiro atoms. The summed E-state index contributed by atoms with van der Waals surface area (Å²) >= 11 is 0. The molecule has 3 rings (SSSR count). The maximum Gasteiger partial charge on any atom is 0.255 e. The molecule has 2 aromatic rings. The van der Waals surface area contributed by atoms with Crippen LogP contribution in [-0.4, -0.2) is 56.3 Å². The molecular formula is C20H25N3O4. The number of anilines is 1. The fourth-order valence-electron chi connectivity index (χ4n) is 2.94. The quantitative estimate of drug-likeness (QED) is 0.842. The van der Waals surface area contributed by atoms with Crippen molar-refractivity contribution in [2.24, 2.45) is 0 Å². The number of rotatable bonds is 6. The van der Waals surface area contributed by atoms with Crippen LogP contribution in [0, 0.1) is 0 Å². The highest BCUT2D eigenvalue weighted by Gasteiger charge is 2.18. The molecule has 1 aliphatic rings. The van der Waals surface area contributed by atoms with Crippen LogP contribution in [0.4, 0.5) is 5.69 Å². The van der Waals surface area contributed by atoms with E-state index in [4.69, 9.17) is 14.2 Å². The number of methoxy groups -OCH3 is 2. The van der Waals surface area contributed by atoms with Gasteiger partial charge < -0.3 is 24.4 Å². The number of pyridine rings is 1. The van der Waals surface area contributed by atoms with Gasteiger partial charge in [0.1, 0.15) is 17.6 Å². The van der Waals surface area contributed by atoms with Gasteiger partial charge in [-0.2, -0.15) is 0 Å². The molecule has 0 atom stereocenters. The molecule has 1 amide bonds. The molecule has 0 saturated carbocycles. The van der Waals surface area contributed by atoms with E-state index in [1.54, 1.807) is 50.7 Å². The SMILES string of the molecule is COc1cc(OC)cc(C(=O)Nc2ccc(OC3CCN(C)CC3)nc2)c1.